The molecule has 0 unspecified atom stereocenters. The number of nitrogens with two attached hydrogens (primary N) is 1. The Labute approximate surface area is 146 Å². The maximum Gasteiger partial charge on any atom is 0.337 e. The van der Waals surface area contributed by atoms with Crippen LogP contribution in [0.2, 0.25) is 0 Å². The molecule has 0 saturated heterocycles. The maximum absolute atomic E-state index is 12.4. The van der Waals surface area contributed by atoms with Crippen LogP contribution in [0.1, 0.15) is 31.8 Å². The quantitative estimate of drug-likeness (QED) is 0.781. The zero-order valence-corrected chi connectivity index (χ0v) is 14.1. The minimum atomic E-state index is -0.851. The summed E-state index contributed by atoms with van der Waals surface area (Å²) in [7, 11) is 1.26. The molecule has 3 N–H and O–H groups in total. The van der Waals surface area contributed by atoms with E-state index in [1.54, 1.807) is 18.2 Å². The molecule has 25 heavy (non-hydrogen) atoms. The van der Waals surface area contributed by atoms with Gasteiger partial charge in [0, 0.05) is 12.0 Å². The second-order valence-corrected chi connectivity index (χ2v) is 5.63. The number of benzene rings is 2. The number of aryl methyl sites for hydroxylation is 1. The molecule has 6 heteroatoms. The molecule has 2 aromatic rings. The summed E-state index contributed by atoms with van der Waals surface area (Å²) >= 11 is 0. The first-order valence-corrected chi connectivity index (χ1v) is 7.75. The van der Waals surface area contributed by atoms with Crippen LogP contribution in [0.3, 0.4) is 0 Å². The Morgan fingerprint density at radius 3 is 2.40 bits per heavy atom. The number of esters is 1. The number of ether oxygens (including phenoxy) is 1. The smallest absolute Gasteiger partial charge is 0.337 e. The van der Waals surface area contributed by atoms with Crippen LogP contribution in [0, 0.1) is 6.92 Å². The van der Waals surface area contributed by atoms with Gasteiger partial charge in [-0.25, -0.2) is 4.79 Å². The highest BCUT2D eigenvalue weighted by molar-refractivity contribution is 5.99. The van der Waals surface area contributed by atoms with Crippen LogP contribution in [-0.2, 0) is 16.0 Å². The van der Waals surface area contributed by atoms with E-state index in [2.05, 4.69) is 10.1 Å². The second-order valence-electron chi connectivity index (χ2n) is 5.63. The summed E-state index contributed by atoms with van der Waals surface area (Å²) < 4.78 is 4.64. The molecular formula is C19H20N2O4. The monoisotopic (exact) mass is 340 g/mol. The van der Waals surface area contributed by atoms with Gasteiger partial charge in [-0.05, 0) is 36.2 Å². The normalized spacial score (nSPS) is 11.4. The Morgan fingerprint density at radius 2 is 1.76 bits per heavy atom. The zero-order chi connectivity index (χ0) is 18.4. The van der Waals surface area contributed by atoms with E-state index < -0.39 is 23.8 Å². The van der Waals surface area contributed by atoms with E-state index >= 15 is 0 Å². The summed E-state index contributed by atoms with van der Waals surface area (Å²) in [4.78, 5) is 35.7. The van der Waals surface area contributed by atoms with Crippen molar-refractivity contribution < 1.29 is 19.1 Å². The fourth-order valence-electron chi connectivity index (χ4n) is 2.43. The van der Waals surface area contributed by atoms with Gasteiger partial charge in [0.1, 0.15) is 6.04 Å². The third kappa shape index (κ3) is 4.67. The van der Waals surface area contributed by atoms with Gasteiger partial charge in [0.05, 0.1) is 12.7 Å². The van der Waals surface area contributed by atoms with Crippen molar-refractivity contribution in [2.24, 2.45) is 5.73 Å². The van der Waals surface area contributed by atoms with Crippen molar-refractivity contribution in [1.82, 2.24) is 5.32 Å². The Hall–Kier alpha value is -3.15. The van der Waals surface area contributed by atoms with Crippen LogP contribution in [0.5, 0.6) is 0 Å². The third-order valence-electron chi connectivity index (χ3n) is 3.88. The number of primary amides is 1. The van der Waals surface area contributed by atoms with Crippen molar-refractivity contribution in [3.8, 4) is 0 Å². The molecule has 0 aliphatic rings. The first-order valence-electron chi connectivity index (χ1n) is 7.75. The lowest BCUT2D eigenvalue weighted by Gasteiger charge is -2.17. The Kier molecular flexibility index (Phi) is 5.89. The second kappa shape index (κ2) is 8.10. The van der Waals surface area contributed by atoms with Crippen molar-refractivity contribution in [2.75, 3.05) is 7.11 Å². The predicted octanol–water partition coefficient (Wildman–Crippen LogP) is 1.61. The molecule has 6 nitrogen and oxygen atoms in total. The largest absolute Gasteiger partial charge is 0.465 e. The van der Waals surface area contributed by atoms with Gasteiger partial charge in [0.25, 0.3) is 5.91 Å². The van der Waals surface area contributed by atoms with Gasteiger partial charge in [-0.15, -0.1) is 0 Å². The lowest BCUT2D eigenvalue weighted by Crippen LogP contribution is -2.46. The molecule has 0 heterocycles. The molecule has 0 aliphatic carbocycles. The molecule has 1 atom stereocenters. The number of nitrogens with one attached hydrogen (secondary N) is 1. The highest BCUT2D eigenvalue weighted by Gasteiger charge is 2.20. The van der Waals surface area contributed by atoms with E-state index in [0.29, 0.717) is 6.42 Å². The van der Waals surface area contributed by atoms with Gasteiger partial charge in [-0.3, -0.25) is 9.59 Å². The van der Waals surface area contributed by atoms with Crippen LogP contribution >= 0.6 is 0 Å². The fourth-order valence-corrected chi connectivity index (χ4v) is 2.43. The van der Waals surface area contributed by atoms with Crippen LogP contribution < -0.4 is 11.1 Å². The van der Waals surface area contributed by atoms with Gasteiger partial charge in [-0.2, -0.15) is 0 Å². The molecule has 2 aromatic carbocycles. The van der Waals surface area contributed by atoms with E-state index in [1.807, 2.05) is 31.2 Å². The number of carbonyl (C=O) groups excluding carboxylic acids is 3. The molecule has 0 radical (unpaired) electrons. The van der Waals surface area contributed by atoms with E-state index in [-0.39, 0.29) is 11.1 Å². The number of hydrogen-bond donors (Lipinski definition) is 2. The molecule has 0 saturated carbocycles. The molecule has 0 aliphatic heterocycles. The number of rotatable bonds is 6. The van der Waals surface area contributed by atoms with Crippen LogP contribution in [-0.4, -0.2) is 30.9 Å². The van der Waals surface area contributed by atoms with Crippen molar-refractivity contribution in [1.29, 1.82) is 0 Å². The SMILES string of the molecule is COC(=O)c1cccc(C(=O)N[C@@H](Cc2ccccc2C)C(N)=O)c1. The van der Waals surface area contributed by atoms with E-state index in [0.717, 1.165) is 11.1 Å². The molecule has 0 fully saturated rings. The summed E-state index contributed by atoms with van der Waals surface area (Å²) in [6, 6.07) is 12.8. The average Bonchev–Trinajstić information content (AvgIpc) is 2.62. The van der Waals surface area contributed by atoms with Gasteiger partial charge in [-0.1, -0.05) is 30.3 Å². The van der Waals surface area contributed by atoms with Crippen molar-refractivity contribution in [3.63, 3.8) is 0 Å². The Morgan fingerprint density at radius 1 is 1.08 bits per heavy atom. The number of amides is 2. The van der Waals surface area contributed by atoms with E-state index in [9.17, 15) is 14.4 Å². The van der Waals surface area contributed by atoms with E-state index in [1.165, 1.54) is 13.2 Å². The molecule has 0 spiro atoms. The summed E-state index contributed by atoms with van der Waals surface area (Å²) in [6.45, 7) is 1.93. The predicted molar refractivity (Wildman–Crippen MR) is 93.1 cm³/mol. The molecule has 2 rings (SSSR count). The van der Waals surface area contributed by atoms with Crippen molar-refractivity contribution in [2.45, 2.75) is 19.4 Å². The topological polar surface area (TPSA) is 98.5 Å². The molecule has 0 aromatic heterocycles. The highest BCUT2D eigenvalue weighted by Crippen LogP contribution is 2.11. The van der Waals surface area contributed by atoms with Gasteiger partial charge >= 0.3 is 5.97 Å². The van der Waals surface area contributed by atoms with Crippen LogP contribution in [0.4, 0.5) is 0 Å². The summed E-state index contributed by atoms with van der Waals surface area (Å²) in [6.07, 6.45) is 0.296. The van der Waals surface area contributed by atoms with Gasteiger partial charge < -0.3 is 15.8 Å². The lowest BCUT2D eigenvalue weighted by molar-refractivity contribution is -0.119. The Bertz CT molecular complexity index is 802. The number of hydrogen-bond acceptors (Lipinski definition) is 4. The standard InChI is InChI=1S/C19H20N2O4/c1-12-6-3-4-7-13(12)11-16(17(20)22)21-18(23)14-8-5-9-15(10-14)19(24)25-2/h3-10,16H,11H2,1-2H3,(H2,20,22)(H,21,23)/t16-/m0/s1. The van der Waals surface area contributed by atoms with Crippen molar-refractivity contribution in [3.05, 3.63) is 70.8 Å². The lowest BCUT2D eigenvalue weighted by atomic mass is 10.0. The molecule has 2 amide bonds. The summed E-state index contributed by atoms with van der Waals surface area (Å²) in [5.74, 6) is -1.65. The number of methoxy groups -OCH3 is 1. The maximum atomic E-state index is 12.4. The fraction of sp³-hybridized carbons (Fsp3) is 0.211. The molecule has 0 bridgehead atoms. The van der Waals surface area contributed by atoms with Crippen molar-refractivity contribution >= 4 is 17.8 Å². The van der Waals surface area contributed by atoms with Gasteiger partial charge in [0.2, 0.25) is 5.91 Å². The highest BCUT2D eigenvalue weighted by atomic mass is 16.5. The van der Waals surface area contributed by atoms with Crippen LogP contribution in [0.25, 0.3) is 0 Å². The van der Waals surface area contributed by atoms with Crippen LogP contribution in [0.15, 0.2) is 48.5 Å². The first kappa shape index (κ1) is 18.2. The number of carbonyl (C=O) groups is 3. The third-order valence-corrected chi connectivity index (χ3v) is 3.88. The van der Waals surface area contributed by atoms with Gasteiger partial charge in [0.15, 0.2) is 0 Å². The average molecular weight is 340 g/mol. The summed E-state index contributed by atoms with van der Waals surface area (Å²) in [5.41, 5.74) is 7.87. The first-order chi connectivity index (χ1) is 11.9. The molecular weight excluding hydrogens is 320 g/mol. The zero-order valence-electron chi connectivity index (χ0n) is 14.1. The minimum Gasteiger partial charge on any atom is -0.465 e. The Balaban J connectivity index is 2.17. The molecule has 130 valence electrons. The summed E-state index contributed by atoms with van der Waals surface area (Å²) in [5, 5.41) is 2.63. The van der Waals surface area contributed by atoms with E-state index in [4.69, 9.17) is 5.73 Å². The minimum absolute atomic E-state index is 0.249.